The van der Waals surface area contributed by atoms with Gasteiger partial charge in [0.25, 0.3) is 0 Å². The number of hydrogen-bond donors (Lipinski definition) is 2. The molecule has 2 N–H and O–H groups in total. The van der Waals surface area contributed by atoms with E-state index in [4.69, 9.17) is 0 Å². The molecule has 0 bridgehead atoms. The first-order chi connectivity index (χ1) is 14.2. The summed E-state index contributed by atoms with van der Waals surface area (Å²) >= 11 is 0. The quantitative estimate of drug-likeness (QED) is 0.599. The Bertz CT molecular complexity index is 1130. The minimum absolute atomic E-state index is 0.221. The lowest BCUT2D eigenvalue weighted by Gasteiger charge is -2.12. The van der Waals surface area contributed by atoms with E-state index >= 15 is 0 Å². The number of hydrogen-bond acceptors (Lipinski definition) is 3. The van der Waals surface area contributed by atoms with Crippen LogP contribution in [0.25, 0.3) is 10.9 Å². The van der Waals surface area contributed by atoms with Gasteiger partial charge in [-0.25, -0.2) is 17.5 Å². The Morgan fingerprint density at radius 1 is 1.07 bits per heavy atom. The fourth-order valence-corrected chi connectivity index (χ4v) is 4.08. The summed E-state index contributed by atoms with van der Waals surface area (Å²) in [6.07, 6.45) is 2.06. The van der Waals surface area contributed by atoms with Crippen LogP contribution in [0, 0.1) is 5.92 Å². The van der Waals surface area contributed by atoms with Crippen LogP contribution >= 0.6 is 0 Å². The Hall–Kier alpha value is -2.84. The molecule has 1 heterocycles. The first-order valence-corrected chi connectivity index (χ1v) is 11.3. The zero-order valence-corrected chi connectivity index (χ0v) is 18.5. The second kappa shape index (κ2) is 8.89. The van der Waals surface area contributed by atoms with Crippen LogP contribution in [0.1, 0.15) is 19.4 Å². The van der Waals surface area contributed by atoms with Crippen LogP contribution < -0.4 is 10.6 Å². The highest BCUT2D eigenvalue weighted by molar-refractivity contribution is 7.89. The van der Waals surface area contributed by atoms with Gasteiger partial charge in [-0.1, -0.05) is 26.0 Å². The number of aromatic nitrogens is 1. The molecule has 2 amide bonds. The molecule has 1 aromatic heterocycles. The highest BCUT2D eigenvalue weighted by atomic mass is 32.2. The van der Waals surface area contributed by atoms with Crippen molar-refractivity contribution in [3.63, 3.8) is 0 Å². The molecule has 0 spiro atoms. The molecule has 8 heteroatoms. The van der Waals surface area contributed by atoms with Gasteiger partial charge >= 0.3 is 6.03 Å². The van der Waals surface area contributed by atoms with Crippen LogP contribution in [0.3, 0.4) is 0 Å². The summed E-state index contributed by atoms with van der Waals surface area (Å²) < 4.78 is 27.6. The number of nitrogens with zero attached hydrogens (tertiary/aromatic N) is 2. The number of sulfonamides is 1. The lowest BCUT2D eigenvalue weighted by atomic mass is 10.2. The van der Waals surface area contributed by atoms with E-state index in [-0.39, 0.29) is 10.9 Å². The van der Waals surface area contributed by atoms with Gasteiger partial charge in [0.15, 0.2) is 0 Å². The molecule has 3 aromatic rings. The largest absolute Gasteiger partial charge is 0.347 e. The molecule has 0 aliphatic rings. The van der Waals surface area contributed by atoms with Gasteiger partial charge in [0.05, 0.1) is 4.90 Å². The standard InChI is InChI=1S/C22H28N4O3S/c1-16(2)15-26-12-11-18-13-19(7-10-21(18)26)24-22(27)23-14-17-5-8-20(9-6-17)30(28,29)25(3)4/h5-13,16H,14-15H2,1-4H3,(H2,23,24,27). The van der Waals surface area contributed by atoms with E-state index in [9.17, 15) is 13.2 Å². The van der Waals surface area contributed by atoms with E-state index in [2.05, 4.69) is 35.2 Å². The minimum Gasteiger partial charge on any atom is -0.347 e. The number of urea groups is 1. The molecule has 0 saturated carbocycles. The highest BCUT2D eigenvalue weighted by Gasteiger charge is 2.16. The lowest BCUT2D eigenvalue weighted by Crippen LogP contribution is -2.28. The monoisotopic (exact) mass is 428 g/mol. The third kappa shape index (κ3) is 5.01. The van der Waals surface area contributed by atoms with Crippen molar-refractivity contribution in [3.05, 3.63) is 60.3 Å². The average molecular weight is 429 g/mol. The van der Waals surface area contributed by atoms with Gasteiger partial charge in [-0.05, 0) is 47.9 Å². The Balaban J connectivity index is 1.59. The van der Waals surface area contributed by atoms with Crippen molar-refractivity contribution in [1.82, 2.24) is 14.2 Å². The van der Waals surface area contributed by atoms with Crippen molar-refractivity contribution in [3.8, 4) is 0 Å². The fraction of sp³-hybridized carbons (Fsp3) is 0.318. The maximum absolute atomic E-state index is 12.3. The van der Waals surface area contributed by atoms with Crippen LogP contribution in [0.5, 0.6) is 0 Å². The van der Waals surface area contributed by atoms with Gasteiger partial charge in [0, 0.05) is 50.0 Å². The Morgan fingerprint density at radius 2 is 1.77 bits per heavy atom. The summed E-state index contributed by atoms with van der Waals surface area (Å²) in [6, 6.07) is 14.1. The highest BCUT2D eigenvalue weighted by Crippen LogP contribution is 2.21. The van der Waals surface area contributed by atoms with Gasteiger partial charge in [0.2, 0.25) is 10.0 Å². The third-order valence-corrected chi connectivity index (χ3v) is 6.58. The summed E-state index contributed by atoms with van der Waals surface area (Å²) in [4.78, 5) is 12.5. The van der Waals surface area contributed by atoms with E-state index in [1.54, 1.807) is 24.3 Å². The molecule has 0 unspecified atom stereocenters. The number of anilines is 1. The van der Waals surface area contributed by atoms with Crippen LogP contribution in [0.2, 0.25) is 0 Å². The predicted molar refractivity (Wildman–Crippen MR) is 120 cm³/mol. The van der Waals surface area contributed by atoms with Gasteiger partial charge in [-0.3, -0.25) is 0 Å². The first kappa shape index (κ1) is 21.9. The zero-order chi connectivity index (χ0) is 21.9. The number of rotatable bonds is 7. The van der Waals surface area contributed by atoms with E-state index in [1.165, 1.54) is 18.4 Å². The van der Waals surface area contributed by atoms with Crippen molar-refractivity contribution in [1.29, 1.82) is 0 Å². The van der Waals surface area contributed by atoms with E-state index < -0.39 is 10.0 Å². The van der Waals surface area contributed by atoms with Crippen LogP contribution in [0.15, 0.2) is 59.6 Å². The Kier molecular flexibility index (Phi) is 6.48. The number of amides is 2. The fourth-order valence-electron chi connectivity index (χ4n) is 3.18. The normalized spacial score (nSPS) is 11.9. The summed E-state index contributed by atoms with van der Waals surface area (Å²) in [5, 5.41) is 6.71. The SMILES string of the molecule is CC(C)Cn1ccc2cc(NC(=O)NCc3ccc(S(=O)(=O)N(C)C)cc3)ccc21. The van der Waals surface area contributed by atoms with Gasteiger partial charge in [-0.15, -0.1) is 0 Å². The van der Waals surface area contributed by atoms with E-state index in [0.717, 1.165) is 28.7 Å². The molecule has 0 fully saturated rings. The topological polar surface area (TPSA) is 83.4 Å². The second-order valence-electron chi connectivity index (χ2n) is 7.87. The van der Waals surface area contributed by atoms with Crippen LogP contribution in [0.4, 0.5) is 10.5 Å². The molecule has 30 heavy (non-hydrogen) atoms. The number of fused-ring (bicyclic) bond motifs is 1. The molecule has 0 aliphatic carbocycles. The van der Waals surface area contributed by atoms with Crippen LogP contribution in [-0.4, -0.2) is 37.4 Å². The van der Waals surface area contributed by atoms with Crippen molar-refractivity contribution in [2.75, 3.05) is 19.4 Å². The molecular weight excluding hydrogens is 400 g/mol. The maximum atomic E-state index is 12.3. The van der Waals surface area contributed by atoms with Crippen molar-refractivity contribution in [2.45, 2.75) is 31.8 Å². The predicted octanol–water partition coefficient (Wildman–Crippen LogP) is 3.87. The Morgan fingerprint density at radius 3 is 2.40 bits per heavy atom. The van der Waals surface area contributed by atoms with E-state index in [0.29, 0.717) is 12.5 Å². The van der Waals surface area contributed by atoms with Gasteiger partial charge in [-0.2, -0.15) is 0 Å². The minimum atomic E-state index is -3.46. The number of carbonyl (C=O) groups excluding carboxylic acids is 1. The number of nitrogens with one attached hydrogen (secondary N) is 2. The molecule has 0 radical (unpaired) electrons. The molecule has 0 aliphatic heterocycles. The number of carbonyl (C=O) groups is 1. The van der Waals surface area contributed by atoms with Gasteiger partial charge in [0.1, 0.15) is 0 Å². The molecule has 7 nitrogen and oxygen atoms in total. The van der Waals surface area contributed by atoms with Gasteiger partial charge < -0.3 is 15.2 Å². The zero-order valence-electron chi connectivity index (χ0n) is 17.7. The smallest absolute Gasteiger partial charge is 0.319 e. The summed E-state index contributed by atoms with van der Waals surface area (Å²) in [7, 11) is -0.473. The maximum Gasteiger partial charge on any atom is 0.319 e. The van der Waals surface area contributed by atoms with Crippen molar-refractivity contribution >= 4 is 32.6 Å². The number of benzene rings is 2. The van der Waals surface area contributed by atoms with Crippen molar-refractivity contribution in [2.24, 2.45) is 5.92 Å². The molecule has 0 atom stereocenters. The molecular formula is C22H28N4O3S. The molecule has 160 valence electrons. The van der Waals surface area contributed by atoms with Crippen molar-refractivity contribution < 1.29 is 13.2 Å². The third-order valence-electron chi connectivity index (χ3n) is 4.75. The van der Waals surface area contributed by atoms with E-state index in [1.807, 2.05) is 24.3 Å². The molecule has 2 aromatic carbocycles. The molecule has 0 saturated heterocycles. The lowest BCUT2D eigenvalue weighted by molar-refractivity contribution is 0.251. The first-order valence-electron chi connectivity index (χ1n) is 9.82. The average Bonchev–Trinajstić information content (AvgIpc) is 3.08. The van der Waals surface area contributed by atoms with Crippen LogP contribution in [-0.2, 0) is 23.1 Å². The summed E-state index contributed by atoms with van der Waals surface area (Å²) in [5.74, 6) is 0.557. The Labute approximate surface area is 177 Å². The summed E-state index contributed by atoms with van der Waals surface area (Å²) in [5.41, 5.74) is 2.67. The molecule has 3 rings (SSSR count). The second-order valence-corrected chi connectivity index (χ2v) is 10.0. The summed E-state index contributed by atoms with van der Waals surface area (Å²) in [6.45, 7) is 5.61.